The van der Waals surface area contributed by atoms with Crippen molar-refractivity contribution in [3.8, 4) is 0 Å². The molecule has 24 heavy (non-hydrogen) atoms. The summed E-state index contributed by atoms with van der Waals surface area (Å²) in [6.07, 6.45) is -8.10. The molecule has 7 nitrogen and oxygen atoms in total. The molecule has 2 bridgehead atoms. The Labute approximate surface area is 139 Å². The average Bonchev–Trinajstić information content (AvgIpc) is 2.93. The molecule has 0 spiro atoms. The van der Waals surface area contributed by atoms with Gasteiger partial charge in [0.15, 0.2) is 11.4 Å². The van der Waals surface area contributed by atoms with E-state index in [1.165, 1.54) is 0 Å². The van der Waals surface area contributed by atoms with E-state index in [0.29, 0.717) is 0 Å². The third kappa shape index (κ3) is 2.72. The van der Waals surface area contributed by atoms with Crippen LogP contribution in [0.5, 0.6) is 0 Å². The Bertz CT molecular complexity index is 634. The smallest absolute Gasteiger partial charge is 0.393 e. The summed E-state index contributed by atoms with van der Waals surface area (Å²) in [5.74, 6) is 0. The van der Waals surface area contributed by atoms with E-state index in [1.807, 2.05) is 0 Å². The fraction of sp³-hybridized carbons (Fsp3) is 0.615. The minimum absolute atomic E-state index is 0.211. The molecular formula is C13H14ClF3N2O5. The molecule has 0 unspecified atom stereocenters. The molecule has 1 aromatic rings. The monoisotopic (exact) mass is 370 g/mol. The van der Waals surface area contributed by atoms with E-state index in [2.05, 4.69) is 10.3 Å². The van der Waals surface area contributed by atoms with Gasteiger partial charge in [-0.15, -0.1) is 0 Å². The van der Waals surface area contributed by atoms with E-state index in [4.69, 9.17) is 21.1 Å². The molecule has 2 fully saturated rings. The Kier molecular flexibility index (Phi) is 4.39. The Morgan fingerprint density at radius 2 is 2.12 bits per heavy atom. The van der Waals surface area contributed by atoms with Crippen molar-refractivity contribution in [2.24, 2.45) is 0 Å². The Morgan fingerprint density at radius 1 is 1.42 bits per heavy atom. The molecule has 2 aliphatic heterocycles. The zero-order chi connectivity index (χ0) is 17.7. The van der Waals surface area contributed by atoms with Crippen LogP contribution < -0.4 is 5.32 Å². The van der Waals surface area contributed by atoms with Crippen molar-refractivity contribution in [2.75, 3.05) is 18.5 Å². The van der Waals surface area contributed by atoms with E-state index in [1.54, 1.807) is 0 Å². The molecule has 0 radical (unpaired) electrons. The SMILES string of the molecule is OC[C@@]12CO[C@@H](O1)[C@H](Nc1c(C(F)(F)F)ccnc1Cl)[C@@H](O)[C@H]2O. The van der Waals surface area contributed by atoms with Crippen molar-refractivity contribution in [3.63, 3.8) is 0 Å². The van der Waals surface area contributed by atoms with Gasteiger partial charge in [-0.05, 0) is 6.07 Å². The first kappa shape index (κ1) is 17.6. The van der Waals surface area contributed by atoms with Gasteiger partial charge in [0, 0.05) is 6.20 Å². The summed E-state index contributed by atoms with van der Waals surface area (Å²) in [6.45, 7) is -0.826. The maximum Gasteiger partial charge on any atom is 0.418 e. The maximum absolute atomic E-state index is 13.1. The number of rotatable bonds is 3. The summed E-state index contributed by atoms with van der Waals surface area (Å²) in [4.78, 5) is 3.59. The van der Waals surface area contributed by atoms with E-state index < -0.39 is 59.3 Å². The Balaban J connectivity index is 1.93. The largest absolute Gasteiger partial charge is 0.418 e. The molecule has 2 saturated heterocycles. The first-order chi connectivity index (χ1) is 11.2. The first-order valence-electron chi connectivity index (χ1n) is 6.94. The van der Waals surface area contributed by atoms with E-state index in [9.17, 15) is 28.5 Å². The third-order valence-corrected chi connectivity index (χ3v) is 4.44. The highest BCUT2D eigenvalue weighted by molar-refractivity contribution is 6.32. The summed E-state index contributed by atoms with van der Waals surface area (Å²) in [5.41, 5.74) is -3.15. The van der Waals surface area contributed by atoms with Crippen LogP contribution in [0.15, 0.2) is 12.3 Å². The molecule has 134 valence electrons. The van der Waals surface area contributed by atoms with Gasteiger partial charge >= 0.3 is 6.18 Å². The second-order valence-corrected chi connectivity index (χ2v) is 6.01. The maximum atomic E-state index is 13.1. The van der Waals surface area contributed by atoms with Gasteiger partial charge < -0.3 is 30.1 Å². The third-order valence-electron chi connectivity index (χ3n) is 4.16. The van der Waals surface area contributed by atoms with Crippen molar-refractivity contribution >= 4 is 17.3 Å². The number of aromatic nitrogens is 1. The second-order valence-electron chi connectivity index (χ2n) is 5.65. The highest BCUT2D eigenvalue weighted by Gasteiger charge is 2.59. The fourth-order valence-corrected chi connectivity index (χ4v) is 3.04. The molecule has 5 atom stereocenters. The van der Waals surface area contributed by atoms with Crippen LogP contribution in [0.25, 0.3) is 0 Å². The second kappa shape index (κ2) is 5.97. The number of nitrogens with one attached hydrogen (secondary N) is 1. The summed E-state index contributed by atoms with van der Waals surface area (Å²) >= 11 is 5.76. The molecule has 3 heterocycles. The minimum atomic E-state index is -4.71. The van der Waals surface area contributed by atoms with Crippen molar-refractivity contribution in [1.82, 2.24) is 4.98 Å². The lowest BCUT2D eigenvalue weighted by Crippen LogP contribution is -2.64. The molecule has 3 rings (SSSR count). The van der Waals surface area contributed by atoms with Gasteiger partial charge in [0.05, 0.1) is 24.5 Å². The summed E-state index contributed by atoms with van der Waals surface area (Å²) in [6, 6.07) is -0.515. The lowest BCUT2D eigenvalue weighted by atomic mass is 9.88. The van der Waals surface area contributed by atoms with Crippen LogP contribution in [0, 0.1) is 0 Å². The van der Waals surface area contributed by atoms with Crippen LogP contribution in [-0.4, -0.2) is 63.7 Å². The highest BCUT2D eigenvalue weighted by Crippen LogP contribution is 2.41. The number of nitrogens with zero attached hydrogens (tertiary/aromatic N) is 1. The number of alkyl halides is 3. The summed E-state index contributed by atoms with van der Waals surface area (Å²) in [5, 5.41) is 31.7. The molecule has 0 aliphatic carbocycles. The van der Waals surface area contributed by atoms with Gasteiger partial charge in [0.25, 0.3) is 0 Å². The molecule has 0 amide bonds. The number of pyridine rings is 1. The average molecular weight is 371 g/mol. The molecule has 1 aromatic heterocycles. The number of hydrogen-bond donors (Lipinski definition) is 4. The highest BCUT2D eigenvalue weighted by atomic mass is 35.5. The van der Waals surface area contributed by atoms with Gasteiger partial charge in [-0.1, -0.05) is 11.6 Å². The van der Waals surface area contributed by atoms with Crippen molar-refractivity contribution < 1.29 is 38.0 Å². The molecule has 11 heteroatoms. The van der Waals surface area contributed by atoms with Gasteiger partial charge in [-0.2, -0.15) is 13.2 Å². The van der Waals surface area contributed by atoms with Crippen LogP contribution in [0.4, 0.5) is 18.9 Å². The van der Waals surface area contributed by atoms with Crippen LogP contribution in [-0.2, 0) is 15.7 Å². The van der Waals surface area contributed by atoms with E-state index >= 15 is 0 Å². The van der Waals surface area contributed by atoms with Crippen LogP contribution in [0.3, 0.4) is 0 Å². The van der Waals surface area contributed by atoms with Crippen molar-refractivity contribution in [2.45, 2.75) is 36.3 Å². The number of aliphatic hydroxyl groups excluding tert-OH is 3. The number of ether oxygens (including phenoxy) is 2. The zero-order valence-electron chi connectivity index (χ0n) is 12.0. The van der Waals surface area contributed by atoms with Crippen LogP contribution in [0.1, 0.15) is 5.56 Å². The number of hydrogen-bond acceptors (Lipinski definition) is 7. The molecule has 2 aliphatic rings. The molecular weight excluding hydrogens is 357 g/mol. The van der Waals surface area contributed by atoms with Crippen molar-refractivity contribution in [3.05, 3.63) is 23.0 Å². The number of halogens is 4. The van der Waals surface area contributed by atoms with E-state index in [0.717, 1.165) is 12.3 Å². The van der Waals surface area contributed by atoms with Crippen molar-refractivity contribution in [1.29, 1.82) is 0 Å². The molecule has 4 N–H and O–H groups in total. The minimum Gasteiger partial charge on any atom is -0.393 e. The number of fused-ring (bicyclic) bond motifs is 2. The van der Waals surface area contributed by atoms with E-state index in [-0.39, 0.29) is 6.61 Å². The molecule has 0 aromatic carbocycles. The van der Waals surface area contributed by atoms with Gasteiger partial charge in [0.2, 0.25) is 0 Å². The standard InChI is InChI=1S/C13H14ClF3N2O5/c14-10-6(5(1-2-18-10)13(15,16)17)19-7-8(21)9(22)12(3-20)4-23-11(7)24-12/h1-2,7-9,11,19-22H,3-4H2/t7-,8-,9-,11+,12+/m1/s1. The Hall–Kier alpha value is -1.17. The topological polar surface area (TPSA) is 104 Å². The zero-order valence-corrected chi connectivity index (χ0v) is 12.8. The first-order valence-corrected chi connectivity index (χ1v) is 7.32. The summed E-state index contributed by atoms with van der Waals surface area (Å²) < 4.78 is 50.0. The lowest BCUT2D eigenvalue weighted by molar-refractivity contribution is -0.224. The normalized spacial score (nSPS) is 36.0. The fourth-order valence-electron chi connectivity index (χ4n) is 2.83. The van der Waals surface area contributed by atoms with Crippen LogP contribution in [0.2, 0.25) is 5.15 Å². The lowest BCUT2D eigenvalue weighted by Gasteiger charge is -2.42. The number of aliphatic hydroxyl groups is 3. The predicted molar refractivity (Wildman–Crippen MR) is 74.3 cm³/mol. The number of anilines is 1. The summed E-state index contributed by atoms with van der Waals surface area (Å²) in [7, 11) is 0. The molecule has 0 saturated carbocycles. The van der Waals surface area contributed by atoms with Gasteiger partial charge in [-0.25, -0.2) is 4.98 Å². The van der Waals surface area contributed by atoms with Crippen LogP contribution >= 0.6 is 11.6 Å². The van der Waals surface area contributed by atoms with Gasteiger partial charge in [0.1, 0.15) is 23.9 Å². The predicted octanol–water partition coefficient (Wildman–Crippen LogP) is 0.374. The van der Waals surface area contributed by atoms with Gasteiger partial charge in [-0.3, -0.25) is 0 Å². The quantitative estimate of drug-likeness (QED) is 0.570. The Morgan fingerprint density at radius 3 is 2.75 bits per heavy atom.